The zero-order valence-corrected chi connectivity index (χ0v) is 17.3. The maximum atomic E-state index is 5.53. The number of nitrogens with one attached hydrogen (secondary N) is 1. The van der Waals surface area contributed by atoms with Crippen molar-refractivity contribution < 1.29 is 9.47 Å². The van der Waals surface area contributed by atoms with E-state index < -0.39 is 0 Å². The van der Waals surface area contributed by atoms with E-state index in [1.165, 1.54) is 5.56 Å². The van der Waals surface area contributed by atoms with Crippen molar-refractivity contribution in [3.63, 3.8) is 0 Å². The molecule has 0 aromatic heterocycles. The molecule has 31 heavy (non-hydrogen) atoms. The van der Waals surface area contributed by atoms with Crippen LogP contribution in [0.25, 0.3) is 5.82 Å². The zero-order valence-electron chi connectivity index (χ0n) is 17.3. The van der Waals surface area contributed by atoms with Gasteiger partial charge in [-0.1, -0.05) is 30.3 Å². The molecule has 6 rings (SSSR count). The molecule has 0 unspecified atom stereocenters. The van der Waals surface area contributed by atoms with Crippen LogP contribution in [0.15, 0.2) is 71.7 Å². The first-order valence-electron chi connectivity index (χ1n) is 10.7. The summed E-state index contributed by atoms with van der Waals surface area (Å²) in [6, 6.07) is 22.9. The van der Waals surface area contributed by atoms with Crippen LogP contribution in [0.1, 0.15) is 5.56 Å². The van der Waals surface area contributed by atoms with Gasteiger partial charge in [0.15, 0.2) is 11.5 Å². The van der Waals surface area contributed by atoms with Crippen molar-refractivity contribution in [3.8, 4) is 11.5 Å². The molecule has 3 aliphatic rings. The van der Waals surface area contributed by atoms with E-state index in [9.17, 15) is 0 Å². The van der Waals surface area contributed by atoms with E-state index in [0.29, 0.717) is 6.79 Å². The molecule has 0 spiro atoms. The second-order valence-electron chi connectivity index (χ2n) is 8.07. The largest absolute Gasteiger partial charge is 0.454 e. The summed E-state index contributed by atoms with van der Waals surface area (Å²) in [5.74, 6) is 2.84. The molecule has 0 amide bonds. The SMILES string of the molecule is c1ccc2c(c1)N=c1ccccc1=C(N1CCN(Cc3ccc4c(c3)OCO4)CC1)N2. The molecule has 3 aromatic rings. The lowest BCUT2D eigenvalue weighted by Gasteiger charge is -2.37. The van der Waals surface area contributed by atoms with E-state index >= 15 is 0 Å². The Morgan fingerprint density at radius 1 is 0.839 bits per heavy atom. The van der Waals surface area contributed by atoms with Crippen LogP contribution in [0.3, 0.4) is 0 Å². The first kappa shape index (κ1) is 18.3. The van der Waals surface area contributed by atoms with Crippen LogP contribution in [0.2, 0.25) is 0 Å². The molecule has 6 heteroatoms. The zero-order chi connectivity index (χ0) is 20.6. The van der Waals surface area contributed by atoms with Gasteiger partial charge in [0.2, 0.25) is 6.79 Å². The van der Waals surface area contributed by atoms with Gasteiger partial charge in [-0.25, -0.2) is 4.99 Å². The lowest BCUT2D eigenvalue weighted by molar-refractivity contribution is 0.167. The third-order valence-electron chi connectivity index (χ3n) is 6.09. The number of ether oxygens (including phenoxy) is 2. The monoisotopic (exact) mass is 412 g/mol. The topological polar surface area (TPSA) is 49.3 Å². The molecule has 3 heterocycles. The molecule has 0 bridgehead atoms. The molecule has 0 aliphatic carbocycles. The molecule has 0 atom stereocenters. The van der Waals surface area contributed by atoms with E-state index in [2.05, 4.69) is 69.7 Å². The van der Waals surface area contributed by atoms with Gasteiger partial charge >= 0.3 is 0 Å². The van der Waals surface area contributed by atoms with Gasteiger partial charge in [0, 0.05) is 37.9 Å². The van der Waals surface area contributed by atoms with Gasteiger partial charge in [-0.05, 0) is 42.0 Å². The number of rotatable bonds is 3. The summed E-state index contributed by atoms with van der Waals surface area (Å²) < 4.78 is 11.0. The summed E-state index contributed by atoms with van der Waals surface area (Å²) in [7, 11) is 0. The van der Waals surface area contributed by atoms with Crippen LogP contribution in [-0.4, -0.2) is 42.8 Å². The summed E-state index contributed by atoms with van der Waals surface area (Å²) in [4.78, 5) is 9.85. The predicted octanol–water partition coefficient (Wildman–Crippen LogP) is 2.68. The first-order valence-corrected chi connectivity index (χ1v) is 10.7. The van der Waals surface area contributed by atoms with Crippen molar-refractivity contribution in [2.75, 3.05) is 38.3 Å². The number of benzene rings is 3. The van der Waals surface area contributed by atoms with Crippen LogP contribution >= 0.6 is 0 Å². The number of anilines is 1. The third-order valence-corrected chi connectivity index (χ3v) is 6.09. The van der Waals surface area contributed by atoms with Gasteiger partial charge in [0.05, 0.1) is 16.7 Å². The predicted molar refractivity (Wildman–Crippen MR) is 120 cm³/mol. The van der Waals surface area contributed by atoms with E-state index in [-0.39, 0.29) is 0 Å². The minimum atomic E-state index is 0.319. The minimum Gasteiger partial charge on any atom is -0.454 e. The summed E-state index contributed by atoms with van der Waals surface area (Å²) in [6.07, 6.45) is 0. The Labute approximate surface area is 181 Å². The van der Waals surface area contributed by atoms with E-state index in [4.69, 9.17) is 14.5 Å². The highest BCUT2D eigenvalue weighted by molar-refractivity contribution is 5.75. The van der Waals surface area contributed by atoms with Gasteiger partial charge in [-0.15, -0.1) is 0 Å². The first-order chi connectivity index (χ1) is 15.3. The van der Waals surface area contributed by atoms with Crippen molar-refractivity contribution in [1.29, 1.82) is 0 Å². The second-order valence-corrected chi connectivity index (χ2v) is 8.07. The molecule has 3 aliphatic heterocycles. The Balaban J connectivity index is 1.22. The number of para-hydroxylation sites is 3. The number of nitrogens with zero attached hydrogens (tertiary/aromatic N) is 3. The highest BCUT2D eigenvalue weighted by Gasteiger charge is 2.22. The molecule has 0 saturated carbocycles. The Kier molecular flexibility index (Phi) is 4.50. The normalized spacial score (nSPS) is 17.3. The summed E-state index contributed by atoms with van der Waals surface area (Å²) in [6.45, 7) is 5.16. The molecule has 0 radical (unpaired) electrons. The molecule has 156 valence electrons. The van der Waals surface area contributed by atoms with E-state index in [1.807, 2.05) is 12.1 Å². The average molecular weight is 412 g/mol. The highest BCUT2D eigenvalue weighted by atomic mass is 16.7. The van der Waals surface area contributed by atoms with Crippen LogP contribution in [0, 0.1) is 0 Å². The maximum Gasteiger partial charge on any atom is 0.231 e. The maximum absolute atomic E-state index is 5.53. The minimum absolute atomic E-state index is 0.319. The molecule has 6 nitrogen and oxygen atoms in total. The quantitative estimate of drug-likeness (QED) is 0.717. The average Bonchev–Trinajstić information content (AvgIpc) is 3.20. The number of piperazine rings is 1. The highest BCUT2D eigenvalue weighted by Crippen LogP contribution is 2.33. The lowest BCUT2D eigenvalue weighted by atomic mass is 10.1. The molecule has 3 aromatic carbocycles. The summed E-state index contributed by atoms with van der Waals surface area (Å²) in [5, 5.41) is 5.85. The molecule has 1 saturated heterocycles. The van der Waals surface area contributed by atoms with E-state index in [1.54, 1.807) is 0 Å². The smallest absolute Gasteiger partial charge is 0.231 e. The second kappa shape index (κ2) is 7.63. The van der Waals surface area contributed by atoms with Gasteiger partial charge in [0.25, 0.3) is 0 Å². The van der Waals surface area contributed by atoms with E-state index in [0.717, 1.165) is 72.0 Å². The Hall–Kier alpha value is -3.51. The number of hydrogen-bond donors (Lipinski definition) is 1. The lowest BCUT2D eigenvalue weighted by Crippen LogP contribution is -2.48. The van der Waals surface area contributed by atoms with Crippen LogP contribution in [0.4, 0.5) is 11.4 Å². The van der Waals surface area contributed by atoms with Crippen molar-refractivity contribution in [1.82, 2.24) is 9.80 Å². The summed E-state index contributed by atoms with van der Waals surface area (Å²) >= 11 is 0. The van der Waals surface area contributed by atoms with Crippen LogP contribution in [-0.2, 0) is 6.54 Å². The van der Waals surface area contributed by atoms with Crippen molar-refractivity contribution in [2.45, 2.75) is 6.54 Å². The Morgan fingerprint density at radius 2 is 1.65 bits per heavy atom. The Bertz CT molecular complexity index is 1250. The van der Waals surface area contributed by atoms with Crippen LogP contribution in [0.5, 0.6) is 11.5 Å². The van der Waals surface area contributed by atoms with Crippen LogP contribution < -0.4 is 25.4 Å². The Morgan fingerprint density at radius 3 is 2.58 bits per heavy atom. The summed E-state index contributed by atoms with van der Waals surface area (Å²) in [5.41, 5.74) is 3.29. The fourth-order valence-corrected chi connectivity index (χ4v) is 4.45. The fraction of sp³-hybridized carbons (Fsp3) is 0.240. The van der Waals surface area contributed by atoms with Crippen molar-refractivity contribution in [3.05, 3.63) is 82.9 Å². The fourth-order valence-electron chi connectivity index (χ4n) is 4.45. The molecular weight excluding hydrogens is 388 g/mol. The molecular formula is C25H24N4O2. The number of hydrogen-bond acceptors (Lipinski definition) is 6. The van der Waals surface area contributed by atoms with Gasteiger partial charge < -0.3 is 19.7 Å². The van der Waals surface area contributed by atoms with Gasteiger partial charge in [-0.2, -0.15) is 0 Å². The van der Waals surface area contributed by atoms with Gasteiger partial charge in [0.1, 0.15) is 5.82 Å². The van der Waals surface area contributed by atoms with Crippen molar-refractivity contribution in [2.24, 2.45) is 4.99 Å². The van der Waals surface area contributed by atoms with Crippen molar-refractivity contribution >= 4 is 17.2 Å². The standard InChI is InChI=1S/C25H24N4O2/c1-2-6-20-19(5-1)25(27-22-8-4-3-7-21(22)26-20)29-13-11-28(12-14-29)16-18-9-10-23-24(15-18)31-17-30-23/h1-10,15,27H,11-14,16-17H2. The third kappa shape index (κ3) is 3.49. The molecule has 1 N–H and O–H groups in total. The van der Waals surface area contributed by atoms with Gasteiger partial charge in [-0.3, -0.25) is 4.90 Å². The number of fused-ring (bicyclic) bond motifs is 3. The molecule has 1 fully saturated rings.